The molecule has 8 heteroatoms. The zero-order valence-electron chi connectivity index (χ0n) is 13.0. The van der Waals surface area contributed by atoms with Crippen LogP contribution in [0.25, 0.3) is 0 Å². The summed E-state index contributed by atoms with van der Waals surface area (Å²) in [6.45, 7) is 0.445. The van der Waals surface area contributed by atoms with Gasteiger partial charge in [0.2, 0.25) is 5.91 Å². The topological polar surface area (TPSA) is 52.7 Å². The number of halogens is 3. The Hall–Kier alpha value is -2.67. The number of nitrogens with one attached hydrogen (secondary N) is 1. The van der Waals surface area contributed by atoms with Gasteiger partial charge in [0.1, 0.15) is 6.54 Å². The molecule has 5 nitrogen and oxygen atoms in total. The average molecular weight is 366 g/mol. The molecule has 3 amide bonds. The van der Waals surface area contributed by atoms with Crippen molar-refractivity contribution in [3.05, 3.63) is 59.1 Å². The minimum absolute atomic E-state index is 0.147. The average Bonchev–Trinajstić information content (AvgIpc) is 2.91. The molecular formula is C17H14ClF2N3O2. The van der Waals surface area contributed by atoms with Crippen LogP contribution in [0.3, 0.4) is 0 Å². The monoisotopic (exact) mass is 365 g/mol. The van der Waals surface area contributed by atoms with Gasteiger partial charge in [0.15, 0.2) is 11.6 Å². The van der Waals surface area contributed by atoms with Crippen molar-refractivity contribution in [1.29, 1.82) is 0 Å². The molecule has 1 N–H and O–H groups in total. The summed E-state index contributed by atoms with van der Waals surface area (Å²) in [5.41, 5.74) is 0.781. The number of hydrogen-bond donors (Lipinski definition) is 1. The number of benzene rings is 2. The van der Waals surface area contributed by atoms with Crippen LogP contribution in [-0.4, -0.2) is 36.5 Å². The van der Waals surface area contributed by atoms with Crippen molar-refractivity contribution in [2.24, 2.45) is 0 Å². The maximum absolute atomic E-state index is 13.3. The van der Waals surface area contributed by atoms with Gasteiger partial charge >= 0.3 is 6.03 Å². The summed E-state index contributed by atoms with van der Waals surface area (Å²) in [6, 6.07) is 9.47. The molecule has 1 aliphatic heterocycles. The summed E-state index contributed by atoms with van der Waals surface area (Å²) < 4.78 is 26.4. The molecule has 0 bridgehead atoms. The first-order valence-electron chi connectivity index (χ1n) is 7.51. The lowest BCUT2D eigenvalue weighted by molar-refractivity contribution is -0.116. The SMILES string of the molecule is O=C(CN1CCN(c2ccc(F)c(F)c2)C1=O)Nc1cccc(Cl)c1. The van der Waals surface area contributed by atoms with Gasteiger partial charge in [-0.3, -0.25) is 9.69 Å². The molecule has 0 saturated carbocycles. The van der Waals surface area contributed by atoms with Crippen LogP contribution in [0.5, 0.6) is 0 Å². The highest BCUT2D eigenvalue weighted by molar-refractivity contribution is 6.30. The van der Waals surface area contributed by atoms with E-state index in [9.17, 15) is 18.4 Å². The van der Waals surface area contributed by atoms with E-state index in [2.05, 4.69) is 5.32 Å². The van der Waals surface area contributed by atoms with Gasteiger partial charge in [-0.25, -0.2) is 13.6 Å². The van der Waals surface area contributed by atoms with Crippen LogP contribution in [0.15, 0.2) is 42.5 Å². The van der Waals surface area contributed by atoms with Gasteiger partial charge in [0.05, 0.1) is 0 Å². The molecule has 1 fully saturated rings. The van der Waals surface area contributed by atoms with Crippen molar-refractivity contribution >= 4 is 34.9 Å². The number of hydrogen-bond acceptors (Lipinski definition) is 2. The highest BCUT2D eigenvalue weighted by Gasteiger charge is 2.31. The van der Waals surface area contributed by atoms with Gasteiger partial charge in [-0.2, -0.15) is 0 Å². The van der Waals surface area contributed by atoms with Gasteiger partial charge in [-0.1, -0.05) is 17.7 Å². The first-order chi connectivity index (χ1) is 11.9. The van der Waals surface area contributed by atoms with E-state index >= 15 is 0 Å². The highest BCUT2D eigenvalue weighted by atomic mass is 35.5. The summed E-state index contributed by atoms with van der Waals surface area (Å²) >= 11 is 5.85. The van der Waals surface area contributed by atoms with E-state index < -0.39 is 17.7 Å². The van der Waals surface area contributed by atoms with Gasteiger partial charge in [-0.15, -0.1) is 0 Å². The van der Waals surface area contributed by atoms with E-state index in [1.165, 1.54) is 15.9 Å². The summed E-state index contributed by atoms with van der Waals surface area (Å²) in [4.78, 5) is 27.1. The molecule has 2 aromatic carbocycles. The molecular weight excluding hydrogens is 352 g/mol. The van der Waals surface area contributed by atoms with E-state index in [0.717, 1.165) is 12.1 Å². The zero-order valence-corrected chi connectivity index (χ0v) is 13.8. The van der Waals surface area contributed by atoms with Crippen molar-refractivity contribution < 1.29 is 18.4 Å². The lowest BCUT2D eigenvalue weighted by Crippen LogP contribution is -2.37. The summed E-state index contributed by atoms with van der Waals surface area (Å²) in [5.74, 6) is -2.38. The Morgan fingerprint density at radius 3 is 2.64 bits per heavy atom. The summed E-state index contributed by atoms with van der Waals surface area (Å²) in [6.07, 6.45) is 0. The predicted molar refractivity (Wildman–Crippen MR) is 90.8 cm³/mol. The molecule has 1 heterocycles. The Kier molecular flexibility index (Phi) is 4.85. The molecule has 1 aliphatic rings. The van der Waals surface area contributed by atoms with Crippen molar-refractivity contribution in [2.45, 2.75) is 0 Å². The second-order valence-corrected chi connectivity index (χ2v) is 5.95. The molecule has 25 heavy (non-hydrogen) atoms. The van der Waals surface area contributed by atoms with Gasteiger partial charge in [0.25, 0.3) is 0 Å². The number of nitrogens with zero attached hydrogens (tertiary/aromatic N) is 2. The van der Waals surface area contributed by atoms with E-state index in [1.807, 2.05) is 0 Å². The number of amides is 3. The third-order valence-electron chi connectivity index (χ3n) is 3.75. The third-order valence-corrected chi connectivity index (χ3v) is 3.99. The zero-order chi connectivity index (χ0) is 18.0. The lowest BCUT2D eigenvalue weighted by Gasteiger charge is -2.18. The predicted octanol–water partition coefficient (Wildman–Crippen LogP) is 3.50. The molecule has 3 rings (SSSR count). The van der Waals surface area contributed by atoms with Crippen LogP contribution < -0.4 is 10.2 Å². The van der Waals surface area contributed by atoms with Crippen LogP contribution >= 0.6 is 11.6 Å². The number of carbonyl (C=O) groups is 2. The van der Waals surface area contributed by atoms with Crippen molar-refractivity contribution in [2.75, 3.05) is 29.9 Å². The Bertz CT molecular complexity index is 831. The van der Waals surface area contributed by atoms with Crippen LogP contribution in [0.4, 0.5) is 25.0 Å². The van der Waals surface area contributed by atoms with Crippen LogP contribution in [0, 0.1) is 11.6 Å². The van der Waals surface area contributed by atoms with Crippen LogP contribution in [0.1, 0.15) is 0 Å². The Morgan fingerprint density at radius 2 is 1.92 bits per heavy atom. The first-order valence-corrected chi connectivity index (χ1v) is 7.89. The highest BCUT2D eigenvalue weighted by Crippen LogP contribution is 2.22. The normalized spacial score (nSPS) is 14.1. The Morgan fingerprint density at radius 1 is 1.12 bits per heavy atom. The van der Waals surface area contributed by atoms with E-state index in [1.54, 1.807) is 24.3 Å². The standard InChI is InChI=1S/C17H14ClF2N3O2/c18-11-2-1-3-12(8-11)21-16(24)10-22-6-7-23(17(22)25)13-4-5-14(19)15(20)9-13/h1-5,8-9H,6-7,10H2,(H,21,24). The first kappa shape index (κ1) is 17.2. The number of carbonyl (C=O) groups excluding carboxylic acids is 2. The quantitative estimate of drug-likeness (QED) is 0.901. The third kappa shape index (κ3) is 3.88. The van der Waals surface area contributed by atoms with Gasteiger partial charge in [-0.05, 0) is 30.3 Å². The molecule has 130 valence electrons. The molecule has 0 aromatic heterocycles. The van der Waals surface area contributed by atoms with Crippen molar-refractivity contribution in [3.8, 4) is 0 Å². The van der Waals surface area contributed by atoms with E-state index in [-0.39, 0.29) is 24.7 Å². The Labute approximate surface area is 147 Å². The van der Waals surface area contributed by atoms with Crippen molar-refractivity contribution in [3.63, 3.8) is 0 Å². The molecule has 2 aromatic rings. The van der Waals surface area contributed by atoms with Crippen LogP contribution in [0.2, 0.25) is 5.02 Å². The minimum Gasteiger partial charge on any atom is -0.324 e. The molecule has 1 saturated heterocycles. The lowest BCUT2D eigenvalue weighted by atomic mass is 10.3. The molecule has 0 spiro atoms. The summed E-state index contributed by atoms with van der Waals surface area (Å²) in [5, 5.41) is 3.14. The second kappa shape index (κ2) is 7.06. The molecule has 0 unspecified atom stereocenters. The van der Waals surface area contributed by atoms with Gasteiger partial charge in [0, 0.05) is 35.6 Å². The number of rotatable bonds is 4. The van der Waals surface area contributed by atoms with Crippen molar-refractivity contribution in [1.82, 2.24) is 4.90 Å². The smallest absolute Gasteiger partial charge is 0.324 e. The fourth-order valence-corrected chi connectivity index (χ4v) is 2.75. The van der Waals surface area contributed by atoms with Gasteiger partial charge < -0.3 is 10.2 Å². The largest absolute Gasteiger partial charge is 0.325 e. The maximum Gasteiger partial charge on any atom is 0.325 e. The van der Waals surface area contributed by atoms with E-state index in [0.29, 0.717) is 17.3 Å². The fourth-order valence-electron chi connectivity index (χ4n) is 2.56. The maximum atomic E-state index is 13.3. The Balaban J connectivity index is 1.63. The van der Waals surface area contributed by atoms with Crippen LogP contribution in [-0.2, 0) is 4.79 Å². The molecule has 0 aliphatic carbocycles. The molecule has 0 radical (unpaired) electrons. The number of urea groups is 1. The summed E-state index contributed by atoms with van der Waals surface area (Å²) in [7, 11) is 0. The number of anilines is 2. The second-order valence-electron chi connectivity index (χ2n) is 5.51. The molecule has 0 atom stereocenters. The fraction of sp³-hybridized carbons (Fsp3) is 0.176. The van der Waals surface area contributed by atoms with E-state index in [4.69, 9.17) is 11.6 Å². The minimum atomic E-state index is -1.03.